The van der Waals surface area contributed by atoms with Gasteiger partial charge in [0.05, 0.1) is 5.92 Å². The average Bonchev–Trinajstić information content (AvgIpc) is 3.11. The molecule has 0 saturated heterocycles. The number of pyridine rings is 1. The quantitative estimate of drug-likeness (QED) is 0.730. The number of carbonyl (C=O) groups excluding carboxylic acids is 1. The van der Waals surface area contributed by atoms with Crippen LogP contribution in [0.4, 0.5) is 0 Å². The van der Waals surface area contributed by atoms with E-state index >= 15 is 0 Å². The Kier molecular flexibility index (Phi) is 4.96. The van der Waals surface area contributed by atoms with Gasteiger partial charge in [-0.1, -0.05) is 30.3 Å². The van der Waals surface area contributed by atoms with Crippen molar-refractivity contribution in [2.24, 2.45) is 0 Å². The number of hydrogen-bond donors (Lipinski definition) is 2. The molecule has 0 aliphatic carbocycles. The van der Waals surface area contributed by atoms with E-state index in [4.69, 9.17) is 0 Å². The molecule has 2 aromatic heterocycles. The molecule has 0 aliphatic rings. The van der Waals surface area contributed by atoms with Crippen molar-refractivity contribution in [3.63, 3.8) is 0 Å². The maximum Gasteiger partial charge on any atom is 0.227 e. The second kappa shape index (κ2) is 7.50. The minimum atomic E-state index is -0.173. The van der Waals surface area contributed by atoms with E-state index in [2.05, 4.69) is 25.5 Å². The summed E-state index contributed by atoms with van der Waals surface area (Å²) in [5, 5.41) is 10.0. The minimum Gasteiger partial charge on any atom is -0.355 e. The van der Waals surface area contributed by atoms with Crippen molar-refractivity contribution in [3.05, 3.63) is 66.2 Å². The number of nitrogens with one attached hydrogen (secondary N) is 2. The molecule has 2 N–H and O–H groups in total. The van der Waals surface area contributed by atoms with Crippen LogP contribution in [0.1, 0.15) is 24.2 Å². The zero-order chi connectivity index (χ0) is 16.8. The molecule has 0 fully saturated rings. The Morgan fingerprint density at radius 1 is 1.17 bits per heavy atom. The van der Waals surface area contributed by atoms with Crippen LogP contribution in [0.15, 0.2) is 54.9 Å². The fourth-order valence-corrected chi connectivity index (χ4v) is 2.39. The van der Waals surface area contributed by atoms with Crippen molar-refractivity contribution in [1.82, 2.24) is 25.5 Å². The Labute approximate surface area is 140 Å². The van der Waals surface area contributed by atoms with Crippen molar-refractivity contribution in [3.8, 4) is 11.4 Å². The van der Waals surface area contributed by atoms with Gasteiger partial charge in [-0.2, -0.15) is 5.10 Å². The molecule has 3 rings (SSSR count). The lowest BCUT2D eigenvalue weighted by molar-refractivity contribution is -0.122. The molecule has 0 bridgehead atoms. The third kappa shape index (κ3) is 3.84. The number of H-pyrrole nitrogens is 1. The first-order valence-electron chi connectivity index (χ1n) is 7.88. The molecule has 122 valence electrons. The first-order valence-corrected chi connectivity index (χ1v) is 7.88. The van der Waals surface area contributed by atoms with Crippen LogP contribution in [0.5, 0.6) is 0 Å². The summed E-state index contributed by atoms with van der Waals surface area (Å²) in [6, 6.07) is 13.5. The first kappa shape index (κ1) is 15.9. The van der Waals surface area contributed by atoms with Gasteiger partial charge >= 0.3 is 0 Å². The van der Waals surface area contributed by atoms with Gasteiger partial charge < -0.3 is 5.32 Å². The molecule has 0 spiro atoms. The summed E-state index contributed by atoms with van der Waals surface area (Å²) in [7, 11) is 0. The molecule has 0 radical (unpaired) electrons. The van der Waals surface area contributed by atoms with Gasteiger partial charge in [0, 0.05) is 30.9 Å². The number of benzene rings is 1. The van der Waals surface area contributed by atoms with Crippen LogP contribution in [0.25, 0.3) is 11.4 Å². The van der Waals surface area contributed by atoms with Gasteiger partial charge in [0.2, 0.25) is 5.91 Å². The predicted octanol–water partition coefficient (Wildman–Crippen LogP) is 2.33. The number of carbonyl (C=O) groups is 1. The van der Waals surface area contributed by atoms with Crippen LogP contribution in [0.2, 0.25) is 0 Å². The van der Waals surface area contributed by atoms with E-state index < -0.39 is 0 Å². The van der Waals surface area contributed by atoms with Crippen molar-refractivity contribution >= 4 is 5.91 Å². The number of hydrogen-bond acceptors (Lipinski definition) is 4. The lowest BCUT2D eigenvalue weighted by Crippen LogP contribution is -2.30. The van der Waals surface area contributed by atoms with E-state index in [-0.39, 0.29) is 11.8 Å². The maximum absolute atomic E-state index is 12.2. The molecule has 0 saturated carbocycles. The highest BCUT2D eigenvalue weighted by molar-refractivity contribution is 5.83. The molecule has 6 heteroatoms. The lowest BCUT2D eigenvalue weighted by Gasteiger charge is -2.11. The molecule has 0 unspecified atom stereocenters. The van der Waals surface area contributed by atoms with E-state index in [1.165, 1.54) is 0 Å². The Bertz CT molecular complexity index is 785. The van der Waals surface area contributed by atoms with Gasteiger partial charge in [-0.3, -0.25) is 14.9 Å². The molecule has 3 aromatic rings. The fraction of sp³-hybridized carbons (Fsp3) is 0.222. The summed E-state index contributed by atoms with van der Waals surface area (Å²) in [6.45, 7) is 2.42. The first-order chi connectivity index (χ1) is 11.7. The van der Waals surface area contributed by atoms with E-state index in [0.29, 0.717) is 18.8 Å². The van der Waals surface area contributed by atoms with Gasteiger partial charge in [0.25, 0.3) is 0 Å². The highest BCUT2D eigenvalue weighted by Gasteiger charge is 2.14. The molecular formula is C18H19N5O. The standard InChI is InChI=1S/C18H19N5O/c1-13(14-5-3-2-4-6-14)18(24)20-12-9-16-21-17(23-22-16)15-7-10-19-11-8-15/h2-8,10-11,13H,9,12H2,1H3,(H,20,24)(H,21,22,23)/t13-/m1/s1. The van der Waals surface area contributed by atoms with Crippen molar-refractivity contribution < 1.29 is 4.79 Å². The third-order valence-electron chi connectivity index (χ3n) is 3.82. The smallest absolute Gasteiger partial charge is 0.227 e. The van der Waals surface area contributed by atoms with Gasteiger partial charge in [0.1, 0.15) is 5.82 Å². The Hall–Kier alpha value is -3.02. The average molecular weight is 321 g/mol. The second-order valence-electron chi connectivity index (χ2n) is 5.51. The largest absolute Gasteiger partial charge is 0.355 e. The fourth-order valence-electron chi connectivity index (χ4n) is 2.39. The van der Waals surface area contributed by atoms with Crippen LogP contribution >= 0.6 is 0 Å². The van der Waals surface area contributed by atoms with E-state index in [1.54, 1.807) is 12.4 Å². The van der Waals surface area contributed by atoms with E-state index in [0.717, 1.165) is 17.0 Å². The topological polar surface area (TPSA) is 83.6 Å². The zero-order valence-electron chi connectivity index (χ0n) is 13.4. The SMILES string of the molecule is C[C@@H](C(=O)NCCc1nc(-c2ccncc2)n[nH]1)c1ccccc1. The Morgan fingerprint density at radius 2 is 1.92 bits per heavy atom. The molecule has 1 amide bonds. The predicted molar refractivity (Wildman–Crippen MR) is 91.2 cm³/mol. The van der Waals surface area contributed by atoms with Gasteiger partial charge in [-0.05, 0) is 24.6 Å². The second-order valence-corrected chi connectivity index (χ2v) is 5.51. The molecule has 1 aromatic carbocycles. The van der Waals surface area contributed by atoms with Crippen LogP contribution in [-0.2, 0) is 11.2 Å². The molecule has 24 heavy (non-hydrogen) atoms. The molecule has 1 atom stereocenters. The van der Waals surface area contributed by atoms with Gasteiger partial charge in [-0.25, -0.2) is 4.98 Å². The normalized spacial score (nSPS) is 11.9. The number of aromatic nitrogens is 4. The minimum absolute atomic E-state index is 0.00933. The molecule has 0 aliphatic heterocycles. The van der Waals surface area contributed by atoms with Crippen molar-refractivity contribution in [1.29, 1.82) is 0 Å². The summed E-state index contributed by atoms with van der Waals surface area (Å²) in [6.07, 6.45) is 4.01. The van der Waals surface area contributed by atoms with Crippen LogP contribution in [0.3, 0.4) is 0 Å². The highest BCUT2D eigenvalue weighted by atomic mass is 16.1. The summed E-state index contributed by atoms with van der Waals surface area (Å²) >= 11 is 0. The number of rotatable bonds is 6. The third-order valence-corrected chi connectivity index (χ3v) is 3.82. The Morgan fingerprint density at radius 3 is 2.67 bits per heavy atom. The van der Waals surface area contributed by atoms with Gasteiger partial charge in [0.15, 0.2) is 5.82 Å². The zero-order valence-corrected chi connectivity index (χ0v) is 13.4. The van der Waals surface area contributed by atoms with E-state index in [9.17, 15) is 4.79 Å². The monoisotopic (exact) mass is 321 g/mol. The lowest BCUT2D eigenvalue weighted by atomic mass is 10.0. The molecule has 6 nitrogen and oxygen atoms in total. The van der Waals surface area contributed by atoms with E-state index in [1.807, 2.05) is 49.4 Å². The summed E-state index contributed by atoms with van der Waals surface area (Å²) in [5.41, 5.74) is 1.92. The van der Waals surface area contributed by atoms with Crippen molar-refractivity contribution in [2.45, 2.75) is 19.3 Å². The van der Waals surface area contributed by atoms with Crippen LogP contribution in [-0.4, -0.2) is 32.6 Å². The van der Waals surface area contributed by atoms with Gasteiger partial charge in [-0.15, -0.1) is 0 Å². The highest BCUT2D eigenvalue weighted by Crippen LogP contribution is 2.14. The summed E-state index contributed by atoms with van der Waals surface area (Å²) in [5.74, 6) is 1.22. The van der Waals surface area contributed by atoms with Crippen LogP contribution in [0, 0.1) is 0 Å². The van der Waals surface area contributed by atoms with Crippen molar-refractivity contribution in [2.75, 3.05) is 6.54 Å². The molecular weight excluding hydrogens is 302 g/mol. The summed E-state index contributed by atoms with van der Waals surface area (Å²) < 4.78 is 0. The van der Waals surface area contributed by atoms with Crippen LogP contribution < -0.4 is 5.32 Å². The Balaban J connectivity index is 1.52. The summed E-state index contributed by atoms with van der Waals surface area (Å²) in [4.78, 5) is 20.6. The number of nitrogens with zero attached hydrogens (tertiary/aromatic N) is 3. The maximum atomic E-state index is 12.2. The number of aromatic amines is 1. The molecule has 2 heterocycles. The number of amides is 1.